The summed E-state index contributed by atoms with van der Waals surface area (Å²) in [7, 11) is 0. The molecule has 0 aliphatic carbocycles. The maximum absolute atomic E-state index is 12.7. The van der Waals surface area contributed by atoms with E-state index in [-0.39, 0.29) is 23.3 Å². The molecule has 0 bridgehead atoms. The van der Waals surface area contributed by atoms with Gasteiger partial charge in [-0.3, -0.25) is 14.9 Å². The maximum atomic E-state index is 12.7. The second kappa shape index (κ2) is 7.26. The van der Waals surface area contributed by atoms with Gasteiger partial charge in [0.05, 0.1) is 4.92 Å². The molecular weight excluding hydrogens is 343 g/mol. The molecule has 0 radical (unpaired) electrons. The molecule has 1 aromatic carbocycles. The number of rotatable bonds is 5. The lowest BCUT2D eigenvalue weighted by molar-refractivity contribution is -0.385. The van der Waals surface area contributed by atoms with Gasteiger partial charge in [0.15, 0.2) is 6.61 Å². The number of nitrogens with zero attached hydrogens (tertiary/aromatic N) is 2. The van der Waals surface area contributed by atoms with Crippen molar-refractivity contribution in [2.45, 2.75) is 25.6 Å². The van der Waals surface area contributed by atoms with Gasteiger partial charge in [0, 0.05) is 18.7 Å². The second-order valence-electron chi connectivity index (χ2n) is 5.98. The van der Waals surface area contributed by atoms with Crippen molar-refractivity contribution in [3.63, 3.8) is 0 Å². The fourth-order valence-corrected chi connectivity index (χ4v) is 2.85. The molecule has 0 aromatic heterocycles. The van der Waals surface area contributed by atoms with E-state index in [1.165, 1.54) is 4.90 Å². The number of carbonyl (C=O) groups is 1. The van der Waals surface area contributed by atoms with Gasteiger partial charge in [-0.2, -0.15) is 13.2 Å². The lowest BCUT2D eigenvalue weighted by Crippen LogP contribution is -2.34. The topological polar surface area (TPSA) is 98.7 Å². The molecule has 2 atom stereocenters. The molecule has 2 unspecified atom stereocenters. The Balaban J connectivity index is 2.30. The van der Waals surface area contributed by atoms with Crippen LogP contribution >= 0.6 is 0 Å². The van der Waals surface area contributed by atoms with Crippen molar-refractivity contribution in [3.8, 4) is 5.75 Å². The van der Waals surface area contributed by atoms with E-state index >= 15 is 0 Å². The van der Waals surface area contributed by atoms with E-state index in [9.17, 15) is 28.1 Å². The number of hydrogen-bond acceptors (Lipinski definition) is 5. The number of ether oxygens (including phenoxy) is 1. The van der Waals surface area contributed by atoms with Gasteiger partial charge in [-0.25, -0.2) is 0 Å². The van der Waals surface area contributed by atoms with Gasteiger partial charge < -0.3 is 15.4 Å². The first-order valence-corrected chi connectivity index (χ1v) is 7.61. The SMILES string of the molecule is CC1CC(CN)CN1C(=O)c1cc(OCC(F)(F)F)ccc1[N+](=O)[O-]. The summed E-state index contributed by atoms with van der Waals surface area (Å²) in [5.41, 5.74) is 4.83. The van der Waals surface area contributed by atoms with Crippen molar-refractivity contribution in [2.24, 2.45) is 11.7 Å². The van der Waals surface area contributed by atoms with Gasteiger partial charge >= 0.3 is 6.18 Å². The van der Waals surface area contributed by atoms with Crippen LogP contribution in [-0.2, 0) is 0 Å². The van der Waals surface area contributed by atoms with Gasteiger partial charge in [0.25, 0.3) is 11.6 Å². The largest absolute Gasteiger partial charge is 0.484 e. The number of nitro groups is 1. The van der Waals surface area contributed by atoms with E-state index in [4.69, 9.17) is 5.73 Å². The zero-order valence-electron chi connectivity index (χ0n) is 13.5. The number of hydrogen-bond donors (Lipinski definition) is 1. The van der Waals surface area contributed by atoms with Gasteiger partial charge in [-0.1, -0.05) is 0 Å². The van der Waals surface area contributed by atoms with Crippen molar-refractivity contribution < 1.29 is 27.6 Å². The first-order chi connectivity index (χ1) is 11.6. The Bertz CT molecular complexity index is 666. The molecule has 1 heterocycles. The fraction of sp³-hybridized carbons (Fsp3) is 0.533. The van der Waals surface area contributed by atoms with Crippen LogP contribution in [0.15, 0.2) is 18.2 Å². The number of nitrogens with two attached hydrogens (primary N) is 1. The number of nitro benzene ring substituents is 1. The second-order valence-corrected chi connectivity index (χ2v) is 5.98. The molecule has 138 valence electrons. The summed E-state index contributed by atoms with van der Waals surface area (Å²) in [6.45, 7) is 0.976. The molecule has 1 saturated heterocycles. The van der Waals surface area contributed by atoms with E-state index in [0.717, 1.165) is 18.2 Å². The third kappa shape index (κ3) is 4.59. The summed E-state index contributed by atoms with van der Waals surface area (Å²) in [6, 6.07) is 2.83. The van der Waals surface area contributed by atoms with Crippen molar-refractivity contribution in [1.82, 2.24) is 4.90 Å². The minimum absolute atomic E-state index is 0.0858. The fourth-order valence-electron chi connectivity index (χ4n) is 2.85. The Morgan fingerprint density at radius 2 is 2.16 bits per heavy atom. The molecule has 1 fully saturated rings. The van der Waals surface area contributed by atoms with E-state index in [2.05, 4.69) is 4.74 Å². The van der Waals surface area contributed by atoms with Crippen molar-refractivity contribution in [1.29, 1.82) is 0 Å². The smallest absolute Gasteiger partial charge is 0.422 e. The highest BCUT2D eigenvalue weighted by atomic mass is 19.4. The highest BCUT2D eigenvalue weighted by Crippen LogP contribution is 2.30. The van der Waals surface area contributed by atoms with Crippen LogP contribution < -0.4 is 10.5 Å². The lowest BCUT2D eigenvalue weighted by atomic mass is 10.1. The Morgan fingerprint density at radius 3 is 2.68 bits per heavy atom. The zero-order valence-corrected chi connectivity index (χ0v) is 13.5. The van der Waals surface area contributed by atoms with Crippen LogP contribution in [0, 0.1) is 16.0 Å². The molecule has 7 nitrogen and oxygen atoms in total. The van der Waals surface area contributed by atoms with Crippen molar-refractivity contribution >= 4 is 11.6 Å². The standard InChI is InChI=1S/C15H18F3N3O4/c1-9-4-10(6-19)7-20(9)14(22)12-5-11(25-8-15(16,17)18)2-3-13(12)21(23)24/h2-3,5,9-10H,4,6-8,19H2,1H3. The van der Waals surface area contributed by atoms with Crippen LogP contribution in [0.1, 0.15) is 23.7 Å². The highest BCUT2D eigenvalue weighted by molar-refractivity contribution is 5.99. The van der Waals surface area contributed by atoms with Crippen LogP contribution in [0.4, 0.5) is 18.9 Å². The average Bonchev–Trinajstić information content (AvgIpc) is 2.92. The average molecular weight is 361 g/mol. The normalized spacial score (nSPS) is 20.6. The number of amides is 1. The minimum atomic E-state index is -4.55. The number of benzene rings is 1. The van der Waals surface area contributed by atoms with Gasteiger partial charge in [0.1, 0.15) is 11.3 Å². The number of alkyl halides is 3. The Kier molecular flexibility index (Phi) is 5.51. The molecule has 1 aliphatic heterocycles. The summed E-state index contributed by atoms with van der Waals surface area (Å²) < 4.78 is 41.4. The summed E-state index contributed by atoms with van der Waals surface area (Å²) >= 11 is 0. The Hall–Kier alpha value is -2.36. The molecule has 0 saturated carbocycles. The van der Waals surface area contributed by atoms with Gasteiger partial charge in [-0.05, 0) is 37.9 Å². The predicted molar refractivity (Wildman–Crippen MR) is 82.3 cm³/mol. The lowest BCUT2D eigenvalue weighted by Gasteiger charge is -2.21. The molecular formula is C15H18F3N3O4. The van der Waals surface area contributed by atoms with Gasteiger partial charge in [-0.15, -0.1) is 0 Å². The number of carbonyl (C=O) groups excluding carboxylic acids is 1. The van der Waals surface area contributed by atoms with Gasteiger partial charge in [0.2, 0.25) is 0 Å². The first kappa shape index (κ1) is 19.0. The molecule has 25 heavy (non-hydrogen) atoms. The highest BCUT2D eigenvalue weighted by Gasteiger charge is 2.35. The Labute approximate surface area is 141 Å². The molecule has 2 rings (SSSR count). The first-order valence-electron chi connectivity index (χ1n) is 7.61. The molecule has 10 heteroatoms. The quantitative estimate of drug-likeness (QED) is 0.641. The van der Waals surface area contributed by atoms with Crippen LogP contribution in [0.3, 0.4) is 0 Å². The van der Waals surface area contributed by atoms with E-state index in [1.54, 1.807) is 6.92 Å². The van der Waals surface area contributed by atoms with Crippen molar-refractivity contribution in [2.75, 3.05) is 19.7 Å². The number of halogens is 3. The number of likely N-dealkylation sites (tertiary alicyclic amines) is 1. The third-order valence-electron chi connectivity index (χ3n) is 4.05. The summed E-state index contributed by atoms with van der Waals surface area (Å²) in [5.74, 6) is -0.788. The molecule has 0 spiro atoms. The zero-order chi connectivity index (χ0) is 18.8. The summed E-state index contributed by atoms with van der Waals surface area (Å²) in [6.07, 6.45) is -3.88. The van der Waals surface area contributed by atoms with E-state index < -0.39 is 29.3 Å². The minimum Gasteiger partial charge on any atom is -0.484 e. The molecule has 2 N–H and O–H groups in total. The third-order valence-corrected chi connectivity index (χ3v) is 4.05. The van der Waals surface area contributed by atoms with Crippen LogP contribution in [-0.4, -0.2) is 47.6 Å². The maximum Gasteiger partial charge on any atom is 0.422 e. The molecule has 1 amide bonds. The molecule has 1 aromatic rings. The van der Waals surface area contributed by atoms with Crippen LogP contribution in [0.25, 0.3) is 0 Å². The van der Waals surface area contributed by atoms with E-state index in [0.29, 0.717) is 19.5 Å². The van der Waals surface area contributed by atoms with Crippen molar-refractivity contribution in [3.05, 3.63) is 33.9 Å². The van der Waals surface area contributed by atoms with Crippen LogP contribution in [0.5, 0.6) is 5.75 Å². The van der Waals surface area contributed by atoms with Crippen LogP contribution in [0.2, 0.25) is 0 Å². The summed E-state index contributed by atoms with van der Waals surface area (Å²) in [4.78, 5) is 24.6. The summed E-state index contributed by atoms with van der Waals surface area (Å²) in [5, 5.41) is 11.2. The monoisotopic (exact) mass is 361 g/mol. The molecule has 1 aliphatic rings. The van der Waals surface area contributed by atoms with E-state index in [1.807, 2.05) is 0 Å². The predicted octanol–water partition coefficient (Wildman–Crippen LogP) is 2.35. The Morgan fingerprint density at radius 1 is 1.48 bits per heavy atom.